The van der Waals surface area contributed by atoms with Crippen molar-refractivity contribution >= 4 is 45.2 Å². The Bertz CT molecular complexity index is 771. The maximum absolute atomic E-state index is 12.4. The predicted molar refractivity (Wildman–Crippen MR) is 113 cm³/mol. The molecular weight excluding hydrogens is 587 g/mol. The topological polar surface area (TPSA) is 44.7 Å². The first kappa shape index (κ1) is 20.9. The number of ether oxygens (including phenoxy) is 1. The summed E-state index contributed by atoms with van der Waals surface area (Å²) in [5, 5.41) is 13.4. The van der Waals surface area contributed by atoms with Crippen LogP contribution in [0.4, 0.5) is 13.2 Å². The molecule has 2 N–H and O–H groups in total. The molecule has 0 saturated carbocycles. The van der Waals surface area contributed by atoms with E-state index in [4.69, 9.17) is 0 Å². The highest BCUT2D eigenvalue weighted by Gasteiger charge is 2.31. The summed E-state index contributed by atoms with van der Waals surface area (Å²) in [4.78, 5) is 2.29. The molecule has 3 rings (SSSR count). The van der Waals surface area contributed by atoms with Gasteiger partial charge in [0, 0.05) is 26.2 Å². The molecule has 4 nitrogen and oxygen atoms in total. The molecule has 1 aliphatic rings. The van der Waals surface area contributed by atoms with E-state index in [1.54, 1.807) is 12.1 Å². The van der Waals surface area contributed by atoms with Crippen LogP contribution in [0.2, 0.25) is 0 Å². The van der Waals surface area contributed by atoms with Crippen molar-refractivity contribution in [3.63, 3.8) is 0 Å². The number of nitrogens with one attached hydrogen (secondary N) is 1. The van der Waals surface area contributed by atoms with E-state index in [0.717, 1.165) is 44.4 Å². The summed E-state index contributed by atoms with van der Waals surface area (Å²) in [6.45, 7) is 3.33. The molecule has 1 atom stereocenters. The fourth-order valence-electron chi connectivity index (χ4n) is 3.15. The minimum absolute atomic E-state index is 0.116. The number of rotatable bonds is 4. The van der Waals surface area contributed by atoms with Crippen LogP contribution >= 0.6 is 45.2 Å². The second-order valence-corrected chi connectivity index (χ2v) is 8.46. The van der Waals surface area contributed by atoms with Crippen molar-refractivity contribution in [1.82, 2.24) is 10.2 Å². The molecule has 0 amide bonds. The third-order valence-electron chi connectivity index (χ3n) is 4.30. The van der Waals surface area contributed by atoms with Gasteiger partial charge in [-0.1, -0.05) is 12.1 Å². The minimum Gasteiger partial charge on any atom is -0.506 e. The van der Waals surface area contributed by atoms with Crippen LogP contribution in [0, 0.1) is 7.14 Å². The molecule has 0 aromatic heterocycles. The Balaban J connectivity index is 1.97. The van der Waals surface area contributed by atoms with E-state index in [2.05, 4.69) is 60.1 Å². The SMILES string of the molecule is Oc1c(I)cc([C@@H](c2ccc(OC(F)(F)F)cc2)N2CCNCC2)cc1I. The van der Waals surface area contributed by atoms with Gasteiger partial charge in [0.05, 0.1) is 13.2 Å². The lowest BCUT2D eigenvalue weighted by Gasteiger charge is -2.36. The molecule has 1 saturated heterocycles. The highest BCUT2D eigenvalue weighted by Crippen LogP contribution is 2.36. The fourth-order valence-corrected chi connectivity index (χ4v) is 4.97. The lowest BCUT2D eigenvalue weighted by atomic mass is 9.96. The van der Waals surface area contributed by atoms with E-state index in [0.29, 0.717) is 0 Å². The highest BCUT2D eigenvalue weighted by atomic mass is 127. The van der Waals surface area contributed by atoms with Gasteiger partial charge in [0.25, 0.3) is 0 Å². The zero-order valence-corrected chi connectivity index (χ0v) is 18.4. The molecule has 27 heavy (non-hydrogen) atoms. The molecule has 0 aliphatic carbocycles. The van der Waals surface area contributed by atoms with Crippen LogP contribution in [0.25, 0.3) is 0 Å². The first-order valence-corrected chi connectivity index (χ1v) is 10.4. The fraction of sp³-hybridized carbons (Fsp3) is 0.333. The molecule has 2 aromatic rings. The largest absolute Gasteiger partial charge is 0.573 e. The van der Waals surface area contributed by atoms with Crippen molar-refractivity contribution in [2.75, 3.05) is 26.2 Å². The summed E-state index contributed by atoms with van der Waals surface area (Å²) in [6.07, 6.45) is -4.71. The van der Waals surface area contributed by atoms with Crippen LogP contribution in [0.1, 0.15) is 17.2 Å². The number of aromatic hydroxyl groups is 1. The third kappa shape index (κ3) is 5.39. The van der Waals surface area contributed by atoms with Crippen molar-refractivity contribution in [2.24, 2.45) is 0 Å². The van der Waals surface area contributed by atoms with Crippen LogP contribution < -0.4 is 10.1 Å². The lowest BCUT2D eigenvalue weighted by molar-refractivity contribution is -0.274. The van der Waals surface area contributed by atoms with Crippen molar-refractivity contribution in [1.29, 1.82) is 0 Å². The molecule has 9 heteroatoms. The molecule has 0 unspecified atom stereocenters. The summed E-state index contributed by atoms with van der Waals surface area (Å²) in [6, 6.07) is 9.74. The number of phenols is 1. The van der Waals surface area contributed by atoms with Gasteiger partial charge in [-0.2, -0.15) is 0 Å². The maximum atomic E-state index is 12.4. The molecule has 1 aliphatic heterocycles. The number of benzene rings is 2. The number of halogens is 5. The van der Waals surface area contributed by atoms with Gasteiger partial charge in [0.1, 0.15) is 11.5 Å². The summed E-state index contributed by atoms with van der Waals surface area (Å²) < 4.78 is 42.7. The summed E-state index contributed by atoms with van der Waals surface area (Å²) in [5.41, 5.74) is 1.87. The van der Waals surface area contributed by atoms with Crippen LogP contribution in [0.15, 0.2) is 36.4 Å². The number of hydrogen-bond donors (Lipinski definition) is 2. The summed E-state index contributed by atoms with van der Waals surface area (Å²) >= 11 is 4.18. The molecular formula is C18H17F3I2N2O2. The number of phenolic OH excluding ortho intramolecular Hbond substituents is 1. The van der Waals surface area contributed by atoms with Gasteiger partial charge < -0.3 is 15.2 Å². The van der Waals surface area contributed by atoms with Crippen LogP contribution in [-0.4, -0.2) is 42.5 Å². The molecule has 0 bridgehead atoms. The molecule has 2 aromatic carbocycles. The quantitative estimate of drug-likeness (QED) is 0.506. The normalized spacial score (nSPS) is 16.9. The van der Waals surface area contributed by atoms with Crippen molar-refractivity contribution < 1.29 is 23.0 Å². The predicted octanol–water partition coefficient (Wildman–Crippen LogP) is 4.49. The van der Waals surface area contributed by atoms with Crippen molar-refractivity contribution in [3.8, 4) is 11.5 Å². The molecule has 1 heterocycles. The van der Waals surface area contributed by atoms with Gasteiger partial charge in [0.2, 0.25) is 0 Å². The zero-order chi connectivity index (χ0) is 19.6. The van der Waals surface area contributed by atoms with E-state index in [9.17, 15) is 18.3 Å². The smallest absolute Gasteiger partial charge is 0.506 e. The number of alkyl halides is 3. The molecule has 0 radical (unpaired) electrons. The summed E-state index contributed by atoms with van der Waals surface area (Å²) in [7, 11) is 0. The van der Waals surface area contributed by atoms with Gasteiger partial charge >= 0.3 is 6.36 Å². The first-order chi connectivity index (χ1) is 12.7. The van der Waals surface area contributed by atoms with Gasteiger partial charge in [-0.05, 0) is 80.6 Å². The molecule has 146 valence electrons. The second-order valence-electron chi connectivity index (χ2n) is 6.14. The Labute approximate surface area is 182 Å². The average Bonchev–Trinajstić information content (AvgIpc) is 2.61. The third-order valence-corrected chi connectivity index (χ3v) is 5.95. The van der Waals surface area contributed by atoms with Gasteiger partial charge in [-0.3, -0.25) is 4.90 Å². The number of hydrogen-bond acceptors (Lipinski definition) is 4. The Kier molecular flexibility index (Phi) is 6.75. The number of nitrogens with zero attached hydrogens (tertiary/aromatic N) is 1. The average molecular weight is 604 g/mol. The van der Waals surface area contributed by atoms with Crippen LogP contribution in [-0.2, 0) is 0 Å². The second kappa shape index (κ2) is 8.70. The monoisotopic (exact) mass is 604 g/mol. The molecule has 1 fully saturated rings. The van der Waals surface area contributed by atoms with Crippen LogP contribution in [0.3, 0.4) is 0 Å². The standard InChI is InChI=1S/C18H17F3I2N2O2/c19-18(20,21)27-13-3-1-11(2-4-13)16(25-7-5-24-6-8-25)12-9-14(22)17(26)15(23)10-12/h1-4,9-10,16,24,26H,5-8H2/t16-/m1/s1. The Morgan fingerprint density at radius 1 is 1.00 bits per heavy atom. The molecule has 0 spiro atoms. The van der Waals surface area contributed by atoms with E-state index in [-0.39, 0.29) is 17.5 Å². The van der Waals surface area contributed by atoms with E-state index >= 15 is 0 Å². The zero-order valence-electron chi connectivity index (χ0n) is 14.1. The number of piperazine rings is 1. The maximum Gasteiger partial charge on any atom is 0.573 e. The van der Waals surface area contributed by atoms with E-state index in [1.807, 2.05) is 12.1 Å². The minimum atomic E-state index is -4.71. The van der Waals surface area contributed by atoms with E-state index in [1.165, 1.54) is 12.1 Å². The Morgan fingerprint density at radius 2 is 1.56 bits per heavy atom. The van der Waals surface area contributed by atoms with Crippen LogP contribution in [0.5, 0.6) is 11.5 Å². The lowest BCUT2D eigenvalue weighted by Crippen LogP contribution is -2.45. The summed E-state index contributed by atoms with van der Waals surface area (Å²) in [5.74, 6) is 0.00751. The Morgan fingerprint density at radius 3 is 2.07 bits per heavy atom. The van der Waals surface area contributed by atoms with E-state index < -0.39 is 6.36 Å². The van der Waals surface area contributed by atoms with Crippen molar-refractivity contribution in [3.05, 3.63) is 54.7 Å². The van der Waals surface area contributed by atoms with Crippen molar-refractivity contribution in [2.45, 2.75) is 12.4 Å². The highest BCUT2D eigenvalue weighted by molar-refractivity contribution is 14.1. The van der Waals surface area contributed by atoms with Gasteiger partial charge in [-0.15, -0.1) is 13.2 Å². The first-order valence-electron chi connectivity index (χ1n) is 8.23. The van der Waals surface area contributed by atoms with Gasteiger partial charge in [0.15, 0.2) is 0 Å². The van der Waals surface area contributed by atoms with Gasteiger partial charge in [-0.25, -0.2) is 0 Å². The Hall–Kier alpha value is -0.790.